The Balaban J connectivity index is 1.83. The van der Waals surface area contributed by atoms with E-state index >= 15 is 0 Å². The molecule has 0 bridgehead atoms. The summed E-state index contributed by atoms with van der Waals surface area (Å²) in [5.74, 6) is 0.137. The number of aromatic nitrogens is 1. The van der Waals surface area contributed by atoms with Gasteiger partial charge < -0.3 is 14.4 Å². The van der Waals surface area contributed by atoms with E-state index in [1.165, 1.54) is 19.2 Å². The van der Waals surface area contributed by atoms with Gasteiger partial charge in [-0.3, -0.25) is 14.8 Å². The lowest BCUT2D eigenvalue weighted by Gasteiger charge is -2.12. The quantitative estimate of drug-likeness (QED) is 0.187. The predicted octanol–water partition coefficient (Wildman–Crippen LogP) is 5.50. The average Bonchev–Trinajstić information content (AvgIpc) is 3.12. The number of ether oxygens (including phenoxy) is 1. The van der Waals surface area contributed by atoms with Gasteiger partial charge in [0.15, 0.2) is 5.69 Å². The Morgan fingerprint density at radius 3 is 2.51 bits per heavy atom. The molecule has 2 N–H and O–H groups in total. The van der Waals surface area contributed by atoms with Gasteiger partial charge in [0.05, 0.1) is 23.2 Å². The molecule has 3 aromatic carbocycles. The van der Waals surface area contributed by atoms with Gasteiger partial charge in [-0.05, 0) is 31.2 Å². The summed E-state index contributed by atoms with van der Waals surface area (Å²) in [5.41, 5.74) is 0.450. The van der Waals surface area contributed by atoms with E-state index in [9.17, 15) is 23.6 Å². The summed E-state index contributed by atoms with van der Waals surface area (Å²) in [6, 6.07) is 16.7. The van der Waals surface area contributed by atoms with Crippen molar-refractivity contribution in [3.63, 3.8) is 0 Å². The van der Waals surface area contributed by atoms with Crippen LogP contribution in [0.3, 0.4) is 0 Å². The molecule has 1 heterocycles. The van der Waals surface area contributed by atoms with Crippen molar-refractivity contribution in [3.05, 3.63) is 76.8 Å². The van der Waals surface area contributed by atoms with Crippen molar-refractivity contribution < 1.29 is 23.2 Å². The number of nitro groups is 1. The number of hydrogen-bond donors (Lipinski definition) is 2. The Morgan fingerprint density at radius 2 is 1.80 bits per heavy atom. The molecule has 4 aromatic rings. The minimum atomic E-state index is -4.34. The standard InChI is InChI=1S/C23H21N5O6S/c1-3-27-19-10-6-4-8-16(19)22(23(27)29)25-24-18-13-12-15(28(30)31)14-21(18)35(32,33)26-17-9-5-7-11-20(17)34-2/h4-14,26,29H,3H2,1-2H3. The fraction of sp³-hybridized carbons (Fsp3) is 0.130. The highest BCUT2D eigenvalue weighted by atomic mass is 32.2. The minimum absolute atomic E-state index is 0.129. The highest BCUT2D eigenvalue weighted by molar-refractivity contribution is 7.92. The molecule has 0 saturated heterocycles. The number of aryl methyl sites for hydroxylation is 1. The molecule has 35 heavy (non-hydrogen) atoms. The molecule has 0 aliphatic carbocycles. The van der Waals surface area contributed by atoms with Gasteiger partial charge in [0, 0.05) is 24.1 Å². The molecule has 0 fully saturated rings. The molecule has 0 amide bonds. The first kappa shape index (κ1) is 23.7. The number of methoxy groups -OCH3 is 1. The third kappa shape index (κ3) is 4.51. The summed E-state index contributed by atoms with van der Waals surface area (Å²) < 4.78 is 35.7. The summed E-state index contributed by atoms with van der Waals surface area (Å²) in [4.78, 5) is 10.2. The molecule has 1 aromatic heterocycles. The number of nitrogens with zero attached hydrogens (tertiary/aromatic N) is 4. The number of sulfonamides is 1. The molecule has 0 atom stereocenters. The van der Waals surface area contributed by atoms with E-state index < -0.39 is 25.5 Å². The number of benzene rings is 3. The topological polar surface area (TPSA) is 148 Å². The fourth-order valence-corrected chi connectivity index (χ4v) is 4.87. The summed E-state index contributed by atoms with van der Waals surface area (Å²) in [5, 5.41) is 30.8. The van der Waals surface area contributed by atoms with E-state index in [2.05, 4.69) is 15.0 Å². The van der Waals surface area contributed by atoms with Crippen molar-refractivity contribution >= 4 is 43.7 Å². The number of nitro benzene ring substituents is 1. The fourth-order valence-electron chi connectivity index (χ4n) is 3.64. The molecule has 0 unspecified atom stereocenters. The first-order valence-electron chi connectivity index (χ1n) is 10.4. The third-order valence-corrected chi connectivity index (χ3v) is 6.68. The molecule has 0 aliphatic heterocycles. The summed E-state index contributed by atoms with van der Waals surface area (Å²) in [6.45, 7) is 2.33. The second kappa shape index (κ2) is 9.43. The minimum Gasteiger partial charge on any atom is -0.495 e. The SMILES string of the molecule is CCn1c(O)c(N=Nc2ccc([N+](=O)[O-])cc2S(=O)(=O)Nc2ccccc2OC)c2ccccc21. The number of nitrogens with one attached hydrogen (secondary N) is 1. The Labute approximate surface area is 200 Å². The van der Waals surface area contributed by atoms with E-state index in [4.69, 9.17) is 4.74 Å². The summed E-state index contributed by atoms with van der Waals surface area (Å²) in [7, 11) is -2.96. The van der Waals surface area contributed by atoms with Gasteiger partial charge in [-0.1, -0.05) is 30.3 Å². The zero-order chi connectivity index (χ0) is 25.2. The molecule has 0 aliphatic rings. The summed E-state index contributed by atoms with van der Waals surface area (Å²) >= 11 is 0. The second-order valence-electron chi connectivity index (χ2n) is 7.35. The van der Waals surface area contributed by atoms with Crippen LogP contribution < -0.4 is 9.46 Å². The second-order valence-corrected chi connectivity index (χ2v) is 9.00. The van der Waals surface area contributed by atoms with Crippen molar-refractivity contribution in [1.29, 1.82) is 0 Å². The zero-order valence-corrected chi connectivity index (χ0v) is 19.6. The smallest absolute Gasteiger partial charge is 0.270 e. The van der Waals surface area contributed by atoms with E-state index in [0.717, 1.165) is 17.6 Å². The molecule has 11 nitrogen and oxygen atoms in total. The van der Waals surface area contributed by atoms with Crippen LogP contribution >= 0.6 is 0 Å². The van der Waals surface area contributed by atoms with Gasteiger partial charge in [-0.2, -0.15) is 0 Å². The Kier molecular flexibility index (Phi) is 6.38. The van der Waals surface area contributed by atoms with E-state index in [1.807, 2.05) is 19.1 Å². The van der Waals surface area contributed by atoms with Crippen LogP contribution in [0.2, 0.25) is 0 Å². The molecule has 0 radical (unpaired) electrons. The van der Waals surface area contributed by atoms with Gasteiger partial charge in [-0.25, -0.2) is 8.42 Å². The maximum atomic E-state index is 13.3. The van der Waals surface area contributed by atoms with Crippen LogP contribution in [0.4, 0.5) is 22.7 Å². The van der Waals surface area contributed by atoms with Crippen LogP contribution in [0, 0.1) is 10.1 Å². The lowest BCUT2D eigenvalue weighted by atomic mass is 10.2. The van der Waals surface area contributed by atoms with Crippen LogP contribution in [0.1, 0.15) is 6.92 Å². The first-order chi connectivity index (χ1) is 16.8. The molecular formula is C23H21N5O6S. The third-order valence-electron chi connectivity index (χ3n) is 5.29. The Bertz CT molecular complexity index is 1560. The maximum absolute atomic E-state index is 13.3. The van der Waals surface area contributed by atoms with Gasteiger partial charge >= 0.3 is 0 Å². The summed E-state index contributed by atoms with van der Waals surface area (Å²) in [6.07, 6.45) is 0. The normalized spacial score (nSPS) is 11.7. The largest absolute Gasteiger partial charge is 0.495 e. The van der Waals surface area contributed by atoms with Crippen LogP contribution in [0.5, 0.6) is 11.6 Å². The van der Waals surface area contributed by atoms with Crippen molar-refractivity contribution in [2.24, 2.45) is 10.2 Å². The number of anilines is 1. The van der Waals surface area contributed by atoms with E-state index in [0.29, 0.717) is 11.9 Å². The number of non-ortho nitro benzene ring substituents is 1. The van der Waals surface area contributed by atoms with Crippen molar-refractivity contribution in [3.8, 4) is 11.6 Å². The van der Waals surface area contributed by atoms with Gasteiger partial charge in [0.25, 0.3) is 15.7 Å². The molecule has 0 saturated carbocycles. The van der Waals surface area contributed by atoms with Gasteiger partial charge in [0.2, 0.25) is 5.88 Å². The van der Waals surface area contributed by atoms with Crippen LogP contribution in [0.15, 0.2) is 81.9 Å². The van der Waals surface area contributed by atoms with Gasteiger partial charge in [-0.15, -0.1) is 10.2 Å². The molecule has 0 spiro atoms. The van der Waals surface area contributed by atoms with E-state index in [1.54, 1.807) is 34.9 Å². The van der Waals surface area contributed by atoms with Crippen molar-refractivity contribution in [2.75, 3.05) is 11.8 Å². The average molecular weight is 496 g/mol. The monoisotopic (exact) mass is 495 g/mol. The predicted molar refractivity (Wildman–Crippen MR) is 130 cm³/mol. The maximum Gasteiger partial charge on any atom is 0.270 e. The lowest BCUT2D eigenvalue weighted by molar-refractivity contribution is -0.385. The Morgan fingerprint density at radius 1 is 1.09 bits per heavy atom. The molecule has 12 heteroatoms. The molecule has 4 rings (SSSR count). The molecule has 180 valence electrons. The Hall–Kier alpha value is -4.45. The van der Waals surface area contributed by atoms with Crippen LogP contribution in [-0.4, -0.2) is 30.1 Å². The zero-order valence-electron chi connectivity index (χ0n) is 18.7. The van der Waals surface area contributed by atoms with Crippen molar-refractivity contribution in [1.82, 2.24) is 4.57 Å². The lowest BCUT2D eigenvalue weighted by Crippen LogP contribution is -2.14. The van der Waals surface area contributed by atoms with Crippen LogP contribution in [0.25, 0.3) is 10.9 Å². The number of azo groups is 1. The number of hydrogen-bond acceptors (Lipinski definition) is 8. The van der Waals surface area contributed by atoms with Crippen LogP contribution in [-0.2, 0) is 16.6 Å². The number of para-hydroxylation sites is 3. The number of fused-ring (bicyclic) bond motifs is 1. The highest BCUT2D eigenvalue weighted by Crippen LogP contribution is 2.40. The van der Waals surface area contributed by atoms with Gasteiger partial charge in [0.1, 0.15) is 16.3 Å². The highest BCUT2D eigenvalue weighted by Gasteiger charge is 2.24. The first-order valence-corrected chi connectivity index (χ1v) is 11.9. The van der Waals surface area contributed by atoms with Crippen molar-refractivity contribution in [2.45, 2.75) is 18.4 Å². The van der Waals surface area contributed by atoms with E-state index in [-0.39, 0.29) is 28.7 Å². The number of rotatable bonds is 8. The molecular weight excluding hydrogens is 474 g/mol. The number of aromatic hydroxyl groups is 1.